The first-order valence-electron chi connectivity index (χ1n) is 7.38. The Morgan fingerprint density at radius 1 is 1.09 bits per heavy atom. The van der Waals surface area contributed by atoms with Gasteiger partial charge in [-0.05, 0) is 31.9 Å². The van der Waals surface area contributed by atoms with Crippen molar-refractivity contribution in [3.8, 4) is 0 Å². The molecule has 0 bridgehead atoms. The maximum Gasteiger partial charge on any atom is 0.307 e. The van der Waals surface area contributed by atoms with Crippen LogP contribution in [0.1, 0.15) is 41.6 Å². The molecule has 1 aromatic rings. The normalized spacial score (nSPS) is 21.0. The number of nitrogens with one attached hydrogen (secondary N) is 2. The molecule has 0 unspecified atom stereocenters. The molecule has 2 amide bonds. The van der Waals surface area contributed by atoms with Crippen LogP contribution < -0.4 is 10.9 Å². The van der Waals surface area contributed by atoms with Gasteiger partial charge in [0, 0.05) is 5.56 Å². The fourth-order valence-electron chi connectivity index (χ4n) is 2.81. The van der Waals surface area contributed by atoms with Gasteiger partial charge >= 0.3 is 5.97 Å². The first kappa shape index (κ1) is 16.0. The minimum absolute atomic E-state index is 0.417. The van der Waals surface area contributed by atoms with Crippen LogP contribution in [-0.4, -0.2) is 22.9 Å². The standard InChI is InChI=1S/C16H20N2O4/c1-10-5-4-6-11(9-10)14(19)17-18-15(20)12-7-2-3-8-13(12)16(21)22/h4-6,9,12-13H,2-3,7-8H2,1H3,(H,17,19)(H,18,20)(H,21,22)/t12-,13+/m1/s1. The quantitative estimate of drug-likeness (QED) is 0.740. The molecule has 3 N–H and O–H groups in total. The van der Waals surface area contributed by atoms with E-state index in [4.69, 9.17) is 0 Å². The van der Waals surface area contributed by atoms with E-state index in [0.717, 1.165) is 18.4 Å². The Balaban J connectivity index is 1.94. The van der Waals surface area contributed by atoms with E-state index in [1.54, 1.807) is 18.2 Å². The highest BCUT2D eigenvalue weighted by Crippen LogP contribution is 2.30. The van der Waals surface area contributed by atoms with Crippen LogP contribution in [0.2, 0.25) is 0 Å². The molecule has 0 radical (unpaired) electrons. The van der Waals surface area contributed by atoms with Gasteiger partial charge in [-0.15, -0.1) is 0 Å². The van der Waals surface area contributed by atoms with Gasteiger partial charge in [-0.1, -0.05) is 30.5 Å². The maximum absolute atomic E-state index is 12.1. The average molecular weight is 304 g/mol. The highest BCUT2D eigenvalue weighted by atomic mass is 16.4. The van der Waals surface area contributed by atoms with E-state index >= 15 is 0 Å². The second kappa shape index (κ2) is 7.06. The van der Waals surface area contributed by atoms with Crippen molar-refractivity contribution in [2.45, 2.75) is 32.6 Å². The summed E-state index contributed by atoms with van der Waals surface area (Å²) in [7, 11) is 0. The van der Waals surface area contributed by atoms with E-state index in [2.05, 4.69) is 10.9 Å². The molecule has 0 saturated heterocycles. The van der Waals surface area contributed by atoms with Crippen molar-refractivity contribution in [2.75, 3.05) is 0 Å². The smallest absolute Gasteiger partial charge is 0.307 e. The van der Waals surface area contributed by atoms with E-state index in [0.29, 0.717) is 18.4 Å². The average Bonchev–Trinajstić information content (AvgIpc) is 2.52. The van der Waals surface area contributed by atoms with E-state index < -0.39 is 29.6 Å². The van der Waals surface area contributed by atoms with Crippen molar-refractivity contribution in [3.05, 3.63) is 35.4 Å². The SMILES string of the molecule is Cc1cccc(C(=O)NNC(=O)[C@@H]2CCCC[C@@H]2C(=O)O)c1. The fourth-order valence-corrected chi connectivity index (χ4v) is 2.81. The molecule has 1 aliphatic rings. The van der Waals surface area contributed by atoms with E-state index in [9.17, 15) is 19.5 Å². The first-order valence-corrected chi connectivity index (χ1v) is 7.38. The molecule has 118 valence electrons. The summed E-state index contributed by atoms with van der Waals surface area (Å²) in [6, 6.07) is 6.99. The molecule has 1 fully saturated rings. The Bertz CT molecular complexity index is 585. The molecule has 0 spiro atoms. The number of benzene rings is 1. The zero-order valence-corrected chi connectivity index (χ0v) is 12.5. The summed E-state index contributed by atoms with van der Waals surface area (Å²) in [5, 5.41) is 9.18. The summed E-state index contributed by atoms with van der Waals surface area (Å²) >= 11 is 0. The molecule has 1 aromatic carbocycles. The van der Waals surface area contributed by atoms with Crippen molar-refractivity contribution in [2.24, 2.45) is 11.8 Å². The van der Waals surface area contributed by atoms with Gasteiger partial charge in [0.05, 0.1) is 11.8 Å². The number of hydrogen-bond donors (Lipinski definition) is 3. The largest absolute Gasteiger partial charge is 0.481 e. The monoisotopic (exact) mass is 304 g/mol. The second-order valence-corrected chi connectivity index (χ2v) is 5.65. The maximum atomic E-state index is 12.1. The van der Waals surface area contributed by atoms with Crippen LogP contribution in [0, 0.1) is 18.8 Å². The van der Waals surface area contributed by atoms with Gasteiger partial charge in [0.1, 0.15) is 0 Å². The molecule has 1 aliphatic carbocycles. The summed E-state index contributed by atoms with van der Waals surface area (Å²) < 4.78 is 0. The minimum atomic E-state index is -0.954. The molecule has 6 heteroatoms. The predicted octanol–water partition coefficient (Wildman–Crippen LogP) is 1.65. The zero-order valence-electron chi connectivity index (χ0n) is 12.5. The number of hydrazine groups is 1. The van der Waals surface area contributed by atoms with Gasteiger partial charge in [0.2, 0.25) is 5.91 Å². The number of amides is 2. The summed E-state index contributed by atoms with van der Waals surface area (Å²) in [5.74, 6) is -3.08. The number of aliphatic carboxylic acids is 1. The van der Waals surface area contributed by atoms with Crippen LogP contribution in [-0.2, 0) is 9.59 Å². The lowest BCUT2D eigenvalue weighted by Crippen LogP contribution is -2.47. The predicted molar refractivity (Wildman–Crippen MR) is 79.9 cm³/mol. The van der Waals surface area contributed by atoms with Gasteiger partial charge in [-0.2, -0.15) is 0 Å². The molecular formula is C16H20N2O4. The topological polar surface area (TPSA) is 95.5 Å². The molecule has 1 saturated carbocycles. The molecule has 0 aliphatic heterocycles. The number of carboxylic acid groups (broad SMARTS) is 1. The molecule has 6 nitrogen and oxygen atoms in total. The minimum Gasteiger partial charge on any atom is -0.481 e. The number of carbonyl (C=O) groups excluding carboxylic acids is 2. The number of rotatable bonds is 3. The molecule has 2 rings (SSSR count). The Hall–Kier alpha value is -2.37. The van der Waals surface area contributed by atoms with Crippen molar-refractivity contribution >= 4 is 17.8 Å². The lowest BCUT2D eigenvalue weighted by Gasteiger charge is -2.27. The second-order valence-electron chi connectivity index (χ2n) is 5.65. The fraction of sp³-hybridized carbons (Fsp3) is 0.438. The highest BCUT2D eigenvalue weighted by molar-refractivity contribution is 5.96. The van der Waals surface area contributed by atoms with Gasteiger partial charge in [0.25, 0.3) is 5.91 Å². The van der Waals surface area contributed by atoms with Crippen LogP contribution in [0.4, 0.5) is 0 Å². The van der Waals surface area contributed by atoms with Crippen LogP contribution >= 0.6 is 0 Å². The van der Waals surface area contributed by atoms with Crippen molar-refractivity contribution in [1.82, 2.24) is 10.9 Å². The van der Waals surface area contributed by atoms with Gasteiger partial charge in [-0.3, -0.25) is 25.2 Å². The van der Waals surface area contributed by atoms with Gasteiger partial charge in [0.15, 0.2) is 0 Å². The van der Waals surface area contributed by atoms with Gasteiger partial charge in [-0.25, -0.2) is 0 Å². The summed E-state index contributed by atoms with van der Waals surface area (Å²) in [6.45, 7) is 1.87. The molecule has 0 aromatic heterocycles. The third-order valence-electron chi connectivity index (χ3n) is 4.00. The van der Waals surface area contributed by atoms with Crippen LogP contribution in [0.15, 0.2) is 24.3 Å². The Labute approximate surface area is 128 Å². The number of aryl methyl sites for hydroxylation is 1. The summed E-state index contributed by atoms with van der Waals surface area (Å²) in [6.07, 6.45) is 2.67. The molecular weight excluding hydrogens is 284 g/mol. The Kier molecular flexibility index (Phi) is 5.14. The Morgan fingerprint density at radius 3 is 2.41 bits per heavy atom. The van der Waals surface area contributed by atoms with Crippen LogP contribution in [0.5, 0.6) is 0 Å². The zero-order chi connectivity index (χ0) is 16.1. The first-order chi connectivity index (χ1) is 10.5. The Morgan fingerprint density at radius 2 is 1.77 bits per heavy atom. The number of carboxylic acids is 1. The molecule has 2 atom stereocenters. The van der Waals surface area contributed by atoms with E-state index in [1.165, 1.54) is 0 Å². The number of hydrogen-bond acceptors (Lipinski definition) is 3. The lowest BCUT2D eigenvalue weighted by atomic mass is 9.79. The molecule has 22 heavy (non-hydrogen) atoms. The van der Waals surface area contributed by atoms with Crippen molar-refractivity contribution in [1.29, 1.82) is 0 Å². The van der Waals surface area contributed by atoms with E-state index in [-0.39, 0.29) is 0 Å². The number of carbonyl (C=O) groups is 3. The third-order valence-corrected chi connectivity index (χ3v) is 4.00. The van der Waals surface area contributed by atoms with Gasteiger partial charge < -0.3 is 5.11 Å². The molecule has 0 heterocycles. The van der Waals surface area contributed by atoms with Crippen molar-refractivity contribution < 1.29 is 19.5 Å². The highest BCUT2D eigenvalue weighted by Gasteiger charge is 2.35. The lowest BCUT2D eigenvalue weighted by molar-refractivity contribution is -0.149. The summed E-state index contributed by atoms with van der Waals surface area (Å²) in [5.41, 5.74) is 6.09. The van der Waals surface area contributed by atoms with Crippen LogP contribution in [0.3, 0.4) is 0 Å². The van der Waals surface area contributed by atoms with E-state index in [1.807, 2.05) is 13.0 Å². The summed E-state index contributed by atoms with van der Waals surface area (Å²) in [4.78, 5) is 35.3. The van der Waals surface area contributed by atoms with Crippen LogP contribution in [0.25, 0.3) is 0 Å². The third kappa shape index (κ3) is 3.84. The van der Waals surface area contributed by atoms with Crippen molar-refractivity contribution in [3.63, 3.8) is 0 Å².